The number of halogens is 3. The zero-order chi connectivity index (χ0) is 18.6. The van der Waals surface area contributed by atoms with Gasteiger partial charge in [0.2, 0.25) is 0 Å². The van der Waals surface area contributed by atoms with E-state index in [0.717, 1.165) is 23.8 Å². The molecule has 25 heavy (non-hydrogen) atoms. The lowest BCUT2D eigenvalue weighted by Gasteiger charge is -2.12. The van der Waals surface area contributed by atoms with E-state index in [1.54, 1.807) is 12.3 Å². The Labute approximate surface area is 145 Å². The molecule has 2 rings (SSSR count). The van der Waals surface area contributed by atoms with Crippen molar-refractivity contribution in [2.45, 2.75) is 19.2 Å². The first-order chi connectivity index (χ1) is 11.7. The number of aryl methyl sites for hydroxylation is 1. The van der Waals surface area contributed by atoms with Gasteiger partial charge in [0, 0.05) is 17.1 Å². The van der Waals surface area contributed by atoms with E-state index in [1.807, 2.05) is 6.07 Å². The van der Waals surface area contributed by atoms with Gasteiger partial charge in [-0.3, -0.25) is 9.59 Å². The fourth-order valence-electron chi connectivity index (χ4n) is 2.05. The van der Waals surface area contributed by atoms with Gasteiger partial charge in [0.25, 0.3) is 0 Å². The lowest BCUT2D eigenvalue weighted by Crippen LogP contribution is -2.37. The number of amides is 2. The van der Waals surface area contributed by atoms with Crippen LogP contribution in [0.4, 0.5) is 18.9 Å². The fraction of sp³-hybridized carbons (Fsp3) is 0.250. The monoisotopic (exact) mass is 372 g/mol. The second-order valence-electron chi connectivity index (χ2n) is 5.23. The van der Waals surface area contributed by atoms with Crippen LogP contribution in [0.2, 0.25) is 0 Å². The second-order valence-corrected chi connectivity index (χ2v) is 6.17. The number of nitrogens with one attached hydrogen (secondary N) is 2. The lowest BCUT2D eigenvalue weighted by atomic mass is 10.2. The number of alkyl halides is 3. The van der Waals surface area contributed by atoms with Crippen LogP contribution in [-0.2, 0) is 15.8 Å². The van der Waals surface area contributed by atoms with Crippen LogP contribution in [0.3, 0.4) is 0 Å². The van der Waals surface area contributed by atoms with Crippen molar-refractivity contribution in [3.63, 3.8) is 0 Å². The molecule has 1 atom stereocenters. The van der Waals surface area contributed by atoms with Crippen molar-refractivity contribution < 1.29 is 27.9 Å². The molecule has 0 bridgehead atoms. The zero-order valence-corrected chi connectivity index (χ0v) is 13.9. The summed E-state index contributed by atoms with van der Waals surface area (Å²) in [6, 6.07) is 5.76. The number of carbonyl (C=O) groups excluding carboxylic acids is 2. The predicted octanol–water partition coefficient (Wildman–Crippen LogP) is 2.86. The van der Waals surface area contributed by atoms with E-state index in [1.165, 1.54) is 17.4 Å². The van der Waals surface area contributed by atoms with Crippen molar-refractivity contribution >= 4 is 28.8 Å². The standard InChI is InChI=1S/C16H15F3N2O3S/c1-9-5-6-25-13(9)12(22)8-20-14(23)15(24)21-11-4-2-3-10(7-11)16(17,18)19/h2-7,12,22H,8H2,1H3,(H,20,23)(H,21,24)/t12-/m0/s1. The van der Waals surface area contributed by atoms with Gasteiger partial charge in [-0.25, -0.2) is 0 Å². The Bertz CT molecular complexity index is 774. The van der Waals surface area contributed by atoms with E-state index < -0.39 is 29.7 Å². The van der Waals surface area contributed by atoms with Crippen molar-refractivity contribution in [2.75, 3.05) is 11.9 Å². The minimum absolute atomic E-state index is 0.148. The van der Waals surface area contributed by atoms with E-state index in [9.17, 15) is 27.9 Å². The maximum absolute atomic E-state index is 12.6. The van der Waals surface area contributed by atoms with Gasteiger partial charge in [-0.2, -0.15) is 13.2 Å². The normalized spacial score (nSPS) is 12.5. The SMILES string of the molecule is Cc1ccsc1[C@@H](O)CNC(=O)C(=O)Nc1cccc(C(F)(F)F)c1. The molecule has 2 aromatic rings. The molecule has 0 saturated carbocycles. The topological polar surface area (TPSA) is 78.4 Å². The van der Waals surface area contributed by atoms with Crippen LogP contribution in [0.15, 0.2) is 35.7 Å². The lowest BCUT2D eigenvalue weighted by molar-refractivity contribution is -0.137. The average Bonchev–Trinajstić information content (AvgIpc) is 2.97. The highest BCUT2D eigenvalue weighted by Gasteiger charge is 2.30. The zero-order valence-electron chi connectivity index (χ0n) is 13.1. The molecule has 1 heterocycles. The van der Waals surface area contributed by atoms with E-state index in [0.29, 0.717) is 4.88 Å². The summed E-state index contributed by atoms with van der Waals surface area (Å²) in [7, 11) is 0. The Morgan fingerprint density at radius 3 is 2.56 bits per heavy atom. The van der Waals surface area contributed by atoms with E-state index in [2.05, 4.69) is 10.6 Å². The molecule has 0 unspecified atom stereocenters. The number of aliphatic hydroxyl groups excluding tert-OH is 1. The first-order valence-electron chi connectivity index (χ1n) is 7.17. The number of anilines is 1. The molecule has 0 aliphatic carbocycles. The van der Waals surface area contributed by atoms with Crippen molar-refractivity contribution in [3.05, 3.63) is 51.7 Å². The summed E-state index contributed by atoms with van der Waals surface area (Å²) in [5.74, 6) is -2.17. The van der Waals surface area contributed by atoms with Crippen LogP contribution in [0.1, 0.15) is 22.1 Å². The average molecular weight is 372 g/mol. The van der Waals surface area contributed by atoms with Crippen LogP contribution in [-0.4, -0.2) is 23.5 Å². The van der Waals surface area contributed by atoms with Crippen LogP contribution in [0.5, 0.6) is 0 Å². The highest BCUT2D eigenvalue weighted by atomic mass is 32.1. The molecule has 0 aliphatic heterocycles. The summed E-state index contributed by atoms with van der Waals surface area (Å²) in [4.78, 5) is 24.2. The Kier molecular flexibility index (Phi) is 5.81. The maximum Gasteiger partial charge on any atom is 0.416 e. The highest BCUT2D eigenvalue weighted by molar-refractivity contribution is 7.10. The first kappa shape index (κ1) is 18.9. The minimum Gasteiger partial charge on any atom is -0.386 e. The first-order valence-corrected chi connectivity index (χ1v) is 8.05. The predicted molar refractivity (Wildman–Crippen MR) is 87.1 cm³/mol. The molecule has 3 N–H and O–H groups in total. The number of carbonyl (C=O) groups is 2. The van der Waals surface area contributed by atoms with Gasteiger partial charge in [0.15, 0.2) is 0 Å². The van der Waals surface area contributed by atoms with Gasteiger partial charge >= 0.3 is 18.0 Å². The number of benzene rings is 1. The molecule has 1 aromatic heterocycles. The number of thiophene rings is 1. The number of hydrogen-bond acceptors (Lipinski definition) is 4. The molecule has 134 valence electrons. The fourth-order valence-corrected chi connectivity index (χ4v) is 2.96. The maximum atomic E-state index is 12.6. The van der Waals surface area contributed by atoms with Gasteiger partial charge in [0.1, 0.15) is 6.10 Å². The summed E-state index contributed by atoms with van der Waals surface area (Å²) in [6.45, 7) is 1.62. The van der Waals surface area contributed by atoms with Gasteiger partial charge in [-0.05, 0) is 42.1 Å². The van der Waals surface area contributed by atoms with Gasteiger partial charge in [-0.15, -0.1) is 11.3 Å². The molecule has 0 fully saturated rings. The smallest absolute Gasteiger partial charge is 0.386 e. The van der Waals surface area contributed by atoms with Crippen molar-refractivity contribution in [1.29, 1.82) is 0 Å². The van der Waals surface area contributed by atoms with Gasteiger partial charge in [-0.1, -0.05) is 6.07 Å². The molecule has 1 aromatic carbocycles. The molecule has 5 nitrogen and oxygen atoms in total. The van der Waals surface area contributed by atoms with Crippen molar-refractivity contribution in [3.8, 4) is 0 Å². The van der Waals surface area contributed by atoms with Crippen LogP contribution >= 0.6 is 11.3 Å². The van der Waals surface area contributed by atoms with Crippen molar-refractivity contribution in [2.24, 2.45) is 0 Å². The highest BCUT2D eigenvalue weighted by Crippen LogP contribution is 2.30. The molecule has 0 spiro atoms. The summed E-state index contributed by atoms with van der Waals surface area (Å²) in [5.41, 5.74) is -0.223. The number of rotatable bonds is 4. The Morgan fingerprint density at radius 1 is 1.24 bits per heavy atom. The van der Waals surface area contributed by atoms with Gasteiger partial charge < -0.3 is 15.7 Å². The Morgan fingerprint density at radius 2 is 1.96 bits per heavy atom. The molecule has 0 radical (unpaired) electrons. The number of hydrogen-bond donors (Lipinski definition) is 3. The summed E-state index contributed by atoms with van der Waals surface area (Å²) < 4.78 is 37.9. The van der Waals surface area contributed by atoms with E-state index >= 15 is 0 Å². The third kappa shape index (κ3) is 5.04. The molecule has 2 amide bonds. The van der Waals surface area contributed by atoms with E-state index in [4.69, 9.17) is 0 Å². The van der Waals surface area contributed by atoms with E-state index in [-0.39, 0.29) is 12.2 Å². The molecule has 9 heteroatoms. The third-order valence-corrected chi connectivity index (χ3v) is 4.43. The largest absolute Gasteiger partial charge is 0.416 e. The number of aliphatic hydroxyl groups is 1. The summed E-state index contributed by atoms with van der Waals surface area (Å²) in [6.07, 6.45) is -5.52. The van der Waals surface area contributed by atoms with Crippen molar-refractivity contribution in [1.82, 2.24) is 5.32 Å². The minimum atomic E-state index is -4.55. The molecule has 0 saturated heterocycles. The quantitative estimate of drug-likeness (QED) is 0.722. The second kappa shape index (κ2) is 7.66. The van der Waals surface area contributed by atoms with Crippen LogP contribution in [0.25, 0.3) is 0 Å². The molecule has 0 aliphatic rings. The Hall–Kier alpha value is -2.39. The van der Waals surface area contributed by atoms with Crippen LogP contribution in [0, 0.1) is 6.92 Å². The summed E-state index contributed by atoms with van der Waals surface area (Å²) >= 11 is 1.32. The molecular formula is C16H15F3N2O3S. The third-order valence-electron chi connectivity index (χ3n) is 3.31. The van der Waals surface area contributed by atoms with Crippen LogP contribution < -0.4 is 10.6 Å². The summed E-state index contributed by atoms with van der Waals surface area (Å²) in [5, 5.41) is 16.1. The Balaban J connectivity index is 1.92. The molecular weight excluding hydrogens is 357 g/mol. The van der Waals surface area contributed by atoms with Gasteiger partial charge in [0.05, 0.1) is 5.56 Å².